The molecule has 5 heteroatoms. The molecule has 1 saturated heterocycles. The van der Waals surface area contributed by atoms with E-state index in [2.05, 4.69) is 50.5 Å². The van der Waals surface area contributed by atoms with E-state index in [1.807, 2.05) is 0 Å². The standard InChI is InChI=1S/C18H23N5/c19-18-21-15-8-4-7-14(13-5-2-1-3-6-13)16(15)17(22-18)23-11-9-20-10-12-23/h1-3,5-6,14,20H,4,7-12H2,(H2,19,21,22). The van der Waals surface area contributed by atoms with Gasteiger partial charge in [-0.2, -0.15) is 4.98 Å². The molecule has 1 aromatic heterocycles. The lowest BCUT2D eigenvalue weighted by atomic mass is 9.81. The maximum atomic E-state index is 6.01. The third-order valence-corrected chi connectivity index (χ3v) is 4.90. The van der Waals surface area contributed by atoms with Crippen molar-refractivity contribution in [2.75, 3.05) is 36.8 Å². The molecule has 0 radical (unpaired) electrons. The normalized spacial score (nSPS) is 21.0. The molecule has 3 N–H and O–H groups in total. The number of nitrogens with two attached hydrogens (primary N) is 1. The van der Waals surface area contributed by atoms with Crippen molar-refractivity contribution in [1.82, 2.24) is 15.3 Å². The summed E-state index contributed by atoms with van der Waals surface area (Å²) in [6, 6.07) is 10.7. The molecule has 0 spiro atoms. The van der Waals surface area contributed by atoms with Crippen LogP contribution in [-0.4, -0.2) is 36.1 Å². The van der Waals surface area contributed by atoms with Gasteiger partial charge in [0.2, 0.25) is 5.95 Å². The number of rotatable bonds is 2. The van der Waals surface area contributed by atoms with Crippen LogP contribution in [0.4, 0.5) is 11.8 Å². The van der Waals surface area contributed by atoms with Crippen LogP contribution in [0.5, 0.6) is 0 Å². The van der Waals surface area contributed by atoms with Gasteiger partial charge in [0.25, 0.3) is 0 Å². The smallest absolute Gasteiger partial charge is 0.222 e. The quantitative estimate of drug-likeness (QED) is 0.887. The second-order valence-corrected chi connectivity index (χ2v) is 6.36. The van der Waals surface area contributed by atoms with Crippen molar-refractivity contribution in [3.05, 3.63) is 47.2 Å². The number of benzene rings is 1. The van der Waals surface area contributed by atoms with Gasteiger partial charge in [0.15, 0.2) is 0 Å². The van der Waals surface area contributed by atoms with Crippen LogP contribution in [0, 0.1) is 0 Å². The Labute approximate surface area is 136 Å². The Balaban J connectivity index is 1.82. The number of fused-ring (bicyclic) bond motifs is 1. The second kappa shape index (κ2) is 6.16. The van der Waals surface area contributed by atoms with Gasteiger partial charge in [0, 0.05) is 37.7 Å². The van der Waals surface area contributed by atoms with E-state index >= 15 is 0 Å². The molecule has 4 rings (SSSR count). The minimum atomic E-state index is 0.380. The summed E-state index contributed by atoms with van der Waals surface area (Å²) >= 11 is 0. The molecule has 1 aromatic carbocycles. The van der Waals surface area contributed by atoms with E-state index in [0.717, 1.165) is 57.0 Å². The summed E-state index contributed by atoms with van der Waals surface area (Å²) in [5, 5.41) is 3.41. The Hall–Kier alpha value is -2.14. The average Bonchev–Trinajstić information content (AvgIpc) is 2.62. The first-order valence-electron chi connectivity index (χ1n) is 8.50. The van der Waals surface area contributed by atoms with Crippen molar-refractivity contribution in [2.45, 2.75) is 25.2 Å². The Bertz CT molecular complexity index is 679. The monoisotopic (exact) mass is 309 g/mol. The average molecular weight is 309 g/mol. The number of nitrogens with zero attached hydrogens (tertiary/aromatic N) is 3. The Morgan fingerprint density at radius 2 is 1.87 bits per heavy atom. The number of aromatic nitrogens is 2. The fourth-order valence-electron chi connectivity index (χ4n) is 3.82. The molecule has 0 amide bonds. The number of piperazine rings is 1. The van der Waals surface area contributed by atoms with Crippen LogP contribution >= 0.6 is 0 Å². The molecule has 2 aromatic rings. The number of hydrogen-bond acceptors (Lipinski definition) is 5. The lowest BCUT2D eigenvalue weighted by molar-refractivity contribution is 0.564. The third kappa shape index (κ3) is 2.77. The van der Waals surface area contributed by atoms with Crippen LogP contribution in [0.1, 0.15) is 35.6 Å². The molecular formula is C18H23N5. The van der Waals surface area contributed by atoms with Crippen LogP contribution in [0.2, 0.25) is 0 Å². The first-order valence-corrected chi connectivity index (χ1v) is 8.50. The summed E-state index contributed by atoms with van der Waals surface area (Å²) in [6.07, 6.45) is 3.32. The van der Waals surface area contributed by atoms with Gasteiger partial charge in [-0.25, -0.2) is 4.98 Å². The molecule has 1 atom stereocenters. The van der Waals surface area contributed by atoms with E-state index < -0.39 is 0 Å². The van der Waals surface area contributed by atoms with Gasteiger partial charge in [0.1, 0.15) is 5.82 Å². The summed E-state index contributed by atoms with van der Waals surface area (Å²) in [4.78, 5) is 11.6. The number of hydrogen-bond donors (Lipinski definition) is 2. The minimum Gasteiger partial charge on any atom is -0.368 e. The molecule has 1 fully saturated rings. The molecule has 2 aliphatic rings. The topological polar surface area (TPSA) is 67.1 Å². The summed E-state index contributed by atoms with van der Waals surface area (Å²) in [6.45, 7) is 3.94. The summed E-state index contributed by atoms with van der Waals surface area (Å²) in [5.74, 6) is 1.85. The highest BCUT2D eigenvalue weighted by Crippen LogP contribution is 2.40. The Kier molecular flexibility index (Phi) is 3.87. The fourth-order valence-corrected chi connectivity index (χ4v) is 3.82. The van der Waals surface area contributed by atoms with E-state index in [4.69, 9.17) is 5.73 Å². The van der Waals surface area contributed by atoms with Gasteiger partial charge in [-0.15, -0.1) is 0 Å². The molecule has 1 unspecified atom stereocenters. The van der Waals surface area contributed by atoms with E-state index in [-0.39, 0.29) is 0 Å². The highest BCUT2D eigenvalue weighted by molar-refractivity contribution is 5.57. The highest BCUT2D eigenvalue weighted by Gasteiger charge is 2.29. The molecular weight excluding hydrogens is 286 g/mol. The number of anilines is 2. The van der Waals surface area contributed by atoms with Gasteiger partial charge in [0.05, 0.1) is 5.69 Å². The Morgan fingerprint density at radius 1 is 1.09 bits per heavy atom. The third-order valence-electron chi connectivity index (χ3n) is 4.90. The van der Waals surface area contributed by atoms with Gasteiger partial charge in [-0.3, -0.25) is 0 Å². The van der Waals surface area contributed by atoms with Crippen LogP contribution < -0.4 is 16.0 Å². The molecule has 2 heterocycles. The number of aryl methyl sites for hydroxylation is 1. The first kappa shape index (κ1) is 14.5. The predicted molar refractivity (Wildman–Crippen MR) is 92.8 cm³/mol. The van der Waals surface area contributed by atoms with Crippen LogP contribution in [-0.2, 0) is 6.42 Å². The van der Waals surface area contributed by atoms with Gasteiger partial charge in [-0.1, -0.05) is 30.3 Å². The molecule has 1 aliphatic carbocycles. The van der Waals surface area contributed by atoms with Crippen molar-refractivity contribution in [3.63, 3.8) is 0 Å². The zero-order valence-electron chi connectivity index (χ0n) is 13.3. The van der Waals surface area contributed by atoms with E-state index in [9.17, 15) is 0 Å². The van der Waals surface area contributed by atoms with E-state index in [1.165, 1.54) is 11.1 Å². The van der Waals surface area contributed by atoms with E-state index in [0.29, 0.717) is 11.9 Å². The zero-order chi connectivity index (χ0) is 15.6. The SMILES string of the molecule is Nc1nc2c(c(N3CCNCC3)n1)C(c1ccccc1)CCC2. The van der Waals surface area contributed by atoms with Crippen molar-refractivity contribution < 1.29 is 0 Å². The maximum Gasteiger partial charge on any atom is 0.222 e. The Morgan fingerprint density at radius 3 is 2.65 bits per heavy atom. The van der Waals surface area contributed by atoms with Gasteiger partial charge < -0.3 is 16.0 Å². The lowest BCUT2D eigenvalue weighted by Gasteiger charge is -2.34. The lowest BCUT2D eigenvalue weighted by Crippen LogP contribution is -2.44. The predicted octanol–water partition coefficient (Wildman–Crippen LogP) is 1.94. The van der Waals surface area contributed by atoms with Gasteiger partial charge in [-0.05, 0) is 24.8 Å². The maximum absolute atomic E-state index is 6.01. The molecule has 1 aliphatic heterocycles. The van der Waals surface area contributed by atoms with Crippen LogP contribution in [0.3, 0.4) is 0 Å². The summed E-state index contributed by atoms with van der Waals surface area (Å²) in [5.41, 5.74) is 9.82. The molecule has 5 nitrogen and oxygen atoms in total. The number of nitrogen functional groups attached to an aromatic ring is 1. The van der Waals surface area contributed by atoms with Gasteiger partial charge >= 0.3 is 0 Å². The minimum absolute atomic E-state index is 0.380. The molecule has 120 valence electrons. The van der Waals surface area contributed by atoms with Crippen molar-refractivity contribution in [3.8, 4) is 0 Å². The van der Waals surface area contributed by atoms with Crippen LogP contribution in [0.15, 0.2) is 30.3 Å². The molecule has 0 bridgehead atoms. The number of nitrogens with one attached hydrogen (secondary N) is 1. The summed E-state index contributed by atoms with van der Waals surface area (Å²) in [7, 11) is 0. The van der Waals surface area contributed by atoms with Crippen molar-refractivity contribution >= 4 is 11.8 Å². The van der Waals surface area contributed by atoms with Crippen molar-refractivity contribution in [1.29, 1.82) is 0 Å². The van der Waals surface area contributed by atoms with E-state index in [1.54, 1.807) is 0 Å². The second-order valence-electron chi connectivity index (χ2n) is 6.36. The summed E-state index contributed by atoms with van der Waals surface area (Å²) < 4.78 is 0. The largest absolute Gasteiger partial charge is 0.368 e. The van der Waals surface area contributed by atoms with Crippen LogP contribution in [0.25, 0.3) is 0 Å². The molecule has 23 heavy (non-hydrogen) atoms. The fraction of sp³-hybridized carbons (Fsp3) is 0.444. The molecule has 0 saturated carbocycles. The zero-order valence-corrected chi connectivity index (χ0v) is 13.3. The first-order chi connectivity index (χ1) is 11.3. The highest BCUT2D eigenvalue weighted by atomic mass is 15.2. The van der Waals surface area contributed by atoms with Crippen molar-refractivity contribution in [2.24, 2.45) is 0 Å².